The van der Waals surface area contributed by atoms with Gasteiger partial charge in [0.2, 0.25) is 5.95 Å². The van der Waals surface area contributed by atoms with Gasteiger partial charge in [0, 0.05) is 29.1 Å². The molecule has 2 aromatic carbocycles. The summed E-state index contributed by atoms with van der Waals surface area (Å²) in [5, 5.41) is 2.75. The number of nitrogens with zero attached hydrogens (tertiary/aromatic N) is 3. The number of hydrogen-bond donors (Lipinski definition) is 1. The summed E-state index contributed by atoms with van der Waals surface area (Å²) in [6.45, 7) is 3.79. The Balaban J connectivity index is 1.92. The van der Waals surface area contributed by atoms with Crippen molar-refractivity contribution in [3.05, 3.63) is 64.8 Å². The van der Waals surface area contributed by atoms with E-state index in [0.717, 1.165) is 16.4 Å². The Morgan fingerprint density at radius 3 is 2.23 bits per heavy atom. The van der Waals surface area contributed by atoms with E-state index >= 15 is 0 Å². The number of hydrogen-bond acceptors (Lipinski definition) is 5. The van der Waals surface area contributed by atoms with Gasteiger partial charge in [-0.15, -0.1) is 0 Å². The summed E-state index contributed by atoms with van der Waals surface area (Å²) in [7, 11) is 1.69. The minimum Gasteiger partial charge on any atom is -0.491 e. The second kappa shape index (κ2) is 8.91. The molecular formula is C21H20BrF3N4O. The van der Waals surface area contributed by atoms with E-state index in [1.54, 1.807) is 36.2 Å². The number of anilines is 4. The monoisotopic (exact) mass is 480 g/mol. The molecule has 0 saturated heterocycles. The van der Waals surface area contributed by atoms with E-state index in [1.165, 1.54) is 0 Å². The summed E-state index contributed by atoms with van der Waals surface area (Å²) in [6.07, 6.45) is -3.81. The van der Waals surface area contributed by atoms with E-state index in [0.29, 0.717) is 11.4 Å². The summed E-state index contributed by atoms with van der Waals surface area (Å²) in [4.78, 5) is 9.67. The molecular weight excluding hydrogens is 461 g/mol. The van der Waals surface area contributed by atoms with E-state index in [9.17, 15) is 13.2 Å². The Bertz CT molecular complexity index is 993. The standard InChI is InChI=1S/C21H20BrF3N4O/c1-13(2)30-17-10-6-15(7-11-17)27-19-18(21(23,24)25)12-26-20(28-19)29(3)16-8-4-14(22)5-9-16/h4-13H,1-3H3,(H,26,27,28). The molecule has 1 heterocycles. The van der Waals surface area contributed by atoms with Crippen molar-refractivity contribution < 1.29 is 17.9 Å². The molecule has 0 aliphatic carbocycles. The van der Waals surface area contributed by atoms with Gasteiger partial charge in [-0.2, -0.15) is 18.2 Å². The molecule has 0 unspecified atom stereocenters. The molecule has 0 aliphatic heterocycles. The number of halogens is 4. The predicted octanol–water partition coefficient (Wildman–Crippen LogP) is 6.56. The molecule has 30 heavy (non-hydrogen) atoms. The van der Waals surface area contributed by atoms with Gasteiger partial charge in [0.1, 0.15) is 17.1 Å². The van der Waals surface area contributed by atoms with E-state index in [1.807, 2.05) is 38.1 Å². The van der Waals surface area contributed by atoms with Crippen LogP contribution < -0.4 is 15.0 Å². The molecule has 0 fully saturated rings. The smallest absolute Gasteiger partial charge is 0.421 e. The zero-order valence-electron chi connectivity index (χ0n) is 16.5. The lowest BCUT2D eigenvalue weighted by Crippen LogP contribution is -2.17. The van der Waals surface area contributed by atoms with Crippen LogP contribution in [0.15, 0.2) is 59.2 Å². The van der Waals surface area contributed by atoms with Gasteiger partial charge in [-0.1, -0.05) is 15.9 Å². The Morgan fingerprint density at radius 1 is 1.03 bits per heavy atom. The molecule has 0 bridgehead atoms. The summed E-state index contributed by atoms with van der Waals surface area (Å²) in [5.74, 6) is 0.437. The van der Waals surface area contributed by atoms with Crippen LogP contribution in [0, 0.1) is 0 Å². The first-order valence-corrected chi connectivity index (χ1v) is 9.90. The molecule has 0 radical (unpaired) electrons. The molecule has 5 nitrogen and oxygen atoms in total. The maximum Gasteiger partial charge on any atom is 0.421 e. The molecule has 3 rings (SSSR count). The SMILES string of the molecule is CC(C)Oc1ccc(Nc2nc(N(C)c3ccc(Br)cc3)ncc2C(F)(F)F)cc1. The van der Waals surface area contributed by atoms with Gasteiger partial charge in [0.15, 0.2) is 0 Å². The average Bonchev–Trinajstić information content (AvgIpc) is 2.68. The Labute approximate surface area is 181 Å². The van der Waals surface area contributed by atoms with Crippen LogP contribution in [0.3, 0.4) is 0 Å². The van der Waals surface area contributed by atoms with E-state index < -0.39 is 11.7 Å². The Kier molecular flexibility index (Phi) is 6.50. The van der Waals surface area contributed by atoms with Gasteiger partial charge >= 0.3 is 6.18 Å². The van der Waals surface area contributed by atoms with Crippen molar-refractivity contribution in [1.82, 2.24) is 9.97 Å². The first-order chi connectivity index (χ1) is 14.1. The molecule has 1 N–H and O–H groups in total. The van der Waals surface area contributed by atoms with Crippen LogP contribution in [-0.2, 0) is 6.18 Å². The Hall–Kier alpha value is -2.81. The lowest BCUT2D eigenvalue weighted by atomic mass is 10.2. The predicted molar refractivity (Wildman–Crippen MR) is 115 cm³/mol. The molecule has 9 heteroatoms. The van der Waals surface area contributed by atoms with Crippen molar-refractivity contribution in [2.24, 2.45) is 0 Å². The van der Waals surface area contributed by atoms with Crippen LogP contribution in [0.1, 0.15) is 19.4 Å². The van der Waals surface area contributed by atoms with E-state index in [4.69, 9.17) is 4.74 Å². The number of alkyl halides is 3. The van der Waals surface area contributed by atoms with Crippen molar-refractivity contribution in [2.45, 2.75) is 26.1 Å². The third-order valence-corrected chi connectivity index (χ3v) is 4.61. The van der Waals surface area contributed by atoms with Crippen molar-refractivity contribution in [3.8, 4) is 5.75 Å². The molecule has 0 aliphatic rings. The maximum atomic E-state index is 13.5. The number of nitrogens with one attached hydrogen (secondary N) is 1. The highest BCUT2D eigenvalue weighted by molar-refractivity contribution is 9.10. The first kappa shape index (κ1) is 21.9. The van der Waals surface area contributed by atoms with E-state index in [2.05, 4.69) is 31.2 Å². The van der Waals surface area contributed by atoms with Crippen molar-refractivity contribution >= 4 is 39.1 Å². The third-order valence-electron chi connectivity index (χ3n) is 4.08. The average molecular weight is 481 g/mol. The molecule has 158 valence electrons. The minimum atomic E-state index is -4.60. The summed E-state index contributed by atoms with van der Waals surface area (Å²) in [5.41, 5.74) is 0.240. The van der Waals surface area contributed by atoms with Crippen molar-refractivity contribution in [2.75, 3.05) is 17.3 Å². The van der Waals surface area contributed by atoms with Crippen LogP contribution in [-0.4, -0.2) is 23.1 Å². The Morgan fingerprint density at radius 2 is 1.67 bits per heavy atom. The molecule has 0 saturated carbocycles. The maximum absolute atomic E-state index is 13.5. The van der Waals surface area contributed by atoms with E-state index in [-0.39, 0.29) is 17.9 Å². The third kappa shape index (κ3) is 5.41. The summed E-state index contributed by atoms with van der Waals surface area (Å²) < 4.78 is 47.0. The van der Waals surface area contributed by atoms with Crippen molar-refractivity contribution in [1.29, 1.82) is 0 Å². The number of benzene rings is 2. The largest absolute Gasteiger partial charge is 0.491 e. The highest BCUT2D eigenvalue weighted by Gasteiger charge is 2.35. The minimum absolute atomic E-state index is 0.000731. The number of ether oxygens (including phenoxy) is 1. The molecule has 0 atom stereocenters. The fraction of sp³-hybridized carbons (Fsp3) is 0.238. The van der Waals surface area contributed by atoms with Gasteiger partial charge < -0.3 is 15.0 Å². The molecule has 3 aromatic rings. The van der Waals surface area contributed by atoms with Gasteiger partial charge in [-0.25, -0.2) is 4.98 Å². The fourth-order valence-electron chi connectivity index (χ4n) is 2.64. The normalized spacial score (nSPS) is 11.5. The van der Waals surface area contributed by atoms with Gasteiger partial charge in [-0.3, -0.25) is 0 Å². The number of rotatable bonds is 6. The van der Waals surface area contributed by atoms with Crippen LogP contribution in [0.4, 0.5) is 36.3 Å². The lowest BCUT2D eigenvalue weighted by molar-refractivity contribution is -0.137. The topological polar surface area (TPSA) is 50.3 Å². The molecule has 0 spiro atoms. The lowest BCUT2D eigenvalue weighted by Gasteiger charge is -2.20. The van der Waals surface area contributed by atoms with Gasteiger partial charge in [0.25, 0.3) is 0 Å². The highest BCUT2D eigenvalue weighted by atomic mass is 79.9. The fourth-order valence-corrected chi connectivity index (χ4v) is 2.91. The van der Waals surface area contributed by atoms with Crippen LogP contribution in [0.5, 0.6) is 5.75 Å². The highest BCUT2D eigenvalue weighted by Crippen LogP contribution is 2.36. The zero-order valence-corrected chi connectivity index (χ0v) is 18.1. The first-order valence-electron chi connectivity index (χ1n) is 9.11. The van der Waals surface area contributed by atoms with Crippen molar-refractivity contribution in [3.63, 3.8) is 0 Å². The molecule has 0 amide bonds. The quantitative estimate of drug-likeness (QED) is 0.433. The second-order valence-corrected chi connectivity index (χ2v) is 7.70. The molecule has 1 aromatic heterocycles. The van der Waals surface area contributed by atoms with Crippen LogP contribution >= 0.6 is 15.9 Å². The number of aromatic nitrogens is 2. The second-order valence-electron chi connectivity index (χ2n) is 6.78. The van der Waals surface area contributed by atoms with Crippen LogP contribution in [0.2, 0.25) is 0 Å². The van der Waals surface area contributed by atoms with Gasteiger partial charge in [0.05, 0.1) is 6.10 Å². The summed E-state index contributed by atoms with van der Waals surface area (Å²) in [6, 6.07) is 13.9. The zero-order chi connectivity index (χ0) is 21.9. The van der Waals surface area contributed by atoms with Gasteiger partial charge in [-0.05, 0) is 62.4 Å². The summed E-state index contributed by atoms with van der Waals surface area (Å²) >= 11 is 3.36. The van der Waals surface area contributed by atoms with Crippen LogP contribution in [0.25, 0.3) is 0 Å².